The Morgan fingerprint density at radius 3 is 1.97 bits per heavy atom. The van der Waals surface area contributed by atoms with Gasteiger partial charge in [-0.3, -0.25) is 9.11 Å². The van der Waals surface area contributed by atoms with Crippen molar-refractivity contribution in [3.63, 3.8) is 0 Å². The Kier molecular flexibility index (Phi) is 15.2. The molecule has 434 valence electrons. The average Bonchev–Trinajstić information content (AvgIpc) is 3.57. The Hall–Kier alpha value is -1.82. The minimum absolute atomic E-state index is 0.0138. The van der Waals surface area contributed by atoms with Gasteiger partial charge in [0.2, 0.25) is 0 Å². The van der Waals surface area contributed by atoms with Gasteiger partial charge in [0.05, 0.1) is 115 Å². The SMILES string of the molecule is C=CCC(=C)/C=C/[C@@](C)(O)[C@H]1O[C@@H]2C[C@@H]3O[C@@H]4C[C@@H]5O[C@@H]6C[C@@H]7O[C@@H]8C[C@@H]9O[C@@H]%10C[C@@H]%11O[C@](C)(OS(=O)(=O)O)[C@@H](CCOS(=O)(=O)O)C[C@H]%11O[C@H]%10C[C@H]9O[C@H]8CC[C@@]7(C)O[C@@]6(C)C[C@H](C)[C@H]5O[C@H]4[C@@H](O)[C@@]3(C)O[C@H]2CC1=C. The van der Waals surface area contributed by atoms with Crippen LogP contribution in [0.4, 0.5) is 0 Å². The van der Waals surface area contributed by atoms with Crippen LogP contribution in [0.5, 0.6) is 0 Å². The van der Waals surface area contributed by atoms with Crippen LogP contribution in [-0.2, 0) is 81.3 Å². The summed E-state index contributed by atoms with van der Waals surface area (Å²) in [4.78, 5) is 0. The van der Waals surface area contributed by atoms with Crippen LogP contribution in [0.25, 0.3) is 0 Å². The zero-order valence-corrected chi connectivity index (χ0v) is 46.6. The zero-order chi connectivity index (χ0) is 55.0. The number of ether oxygens (including phenoxy) is 11. The van der Waals surface area contributed by atoms with Crippen molar-refractivity contribution in [2.24, 2.45) is 11.8 Å². The molecular weight excluding hydrogens is 1050 g/mol. The van der Waals surface area contributed by atoms with Crippen LogP contribution in [-0.4, -0.2) is 187 Å². The fourth-order valence-electron chi connectivity index (χ4n) is 15.5. The van der Waals surface area contributed by atoms with Gasteiger partial charge in [0.1, 0.15) is 29.5 Å². The Balaban J connectivity index is 0.742. The summed E-state index contributed by atoms with van der Waals surface area (Å²) < 4.78 is 151. The Morgan fingerprint density at radius 2 is 1.30 bits per heavy atom. The van der Waals surface area contributed by atoms with E-state index in [9.17, 15) is 31.6 Å². The fraction of sp³-hybridized carbons (Fsp3) is 0.852. The van der Waals surface area contributed by atoms with E-state index < -0.39 is 123 Å². The number of fused-ring (bicyclic) bond motifs is 10. The topological polar surface area (TPSA) is 269 Å². The maximum atomic E-state index is 12.3. The minimum atomic E-state index is -5.01. The Morgan fingerprint density at radius 1 is 0.714 bits per heavy atom. The first-order valence-corrected chi connectivity index (χ1v) is 30.4. The van der Waals surface area contributed by atoms with Crippen molar-refractivity contribution in [2.45, 2.75) is 269 Å². The summed E-state index contributed by atoms with van der Waals surface area (Å²) in [6, 6.07) is 0. The summed E-state index contributed by atoms with van der Waals surface area (Å²) in [6.45, 7) is 23.0. The molecule has 0 amide bonds. The van der Waals surface area contributed by atoms with Crippen LogP contribution in [0.3, 0.4) is 0 Å². The molecule has 0 spiro atoms. The first kappa shape index (κ1) is 57.0. The molecule has 0 aromatic carbocycles. The molecule has 0 aromatic heterocycles. The minimum Gasteiger partial charge on any atom is -0.387 e. The highest BCUT2D eigenvalue weighted by atomic mass is 32.3. The van der Waals surface area contributed by atoms with Crippen molar-refractivity contribution < 1.29 is 96.6 Å². The highest BCUT2D eigenvalue weighted by Crippen LogP contribution is 2.55. The molecule has 11 aliphatic heterocycles. The number of hydrogen-bond donors (Lipinski definition) is 4. The molecule has 0 unspecified atom stereocenters. The first-order chi connectivity index (χ1) is 36.0. The van der Waals surface area contributed by atoms with Gasteiger partial charge in [-0.25, -0.2) is 8.37 Å². The second kappa shape index (κ2) is 20.5. The zero-order valence-electron chi connectivity index (χ0n) is 44.9. The number of allylic oxidation sites excluding steroid dienone is 3. The highest BCUT2D eigenvalue weighted by Gasteiger charge is 2.66. The molecule has 26 atom stereocenters. The van der Waals surface area contributed by atoms with Gasteiger partial charge in [0.25, 0.3) is 0 Å². The van der Waals surface area contributed by atoms with Crippen molar-refractivity contribution >= 4 is 20.8 Å². The summed E-state index contributed by atoms with van der Waals surface area (Å²) in [5.41, 5.74) is -2.33. The summed E-state index contributed by atoms with van der Waals surface area (Å²) in [7, 11) is -9.77. The molecule has 0 aromatic rings. The Bertz CT molecular complexity index is 2530. The standard InChI is InChI=1S/C54H80O21S2/c1-10-11-27(2)12-15-50(5,56)49-28(3)18-39-38(70-49)24-45-53(8,72-39)48(55)47-42(69-45)23-41-46(71-47)29(4)26-52(7)44(68-41)25-43-51(6,74-52)16-13-31-33(67-43)20-35-34(64-31)21-36-37(66-35)22-40-32(65-36)19-30(14-17-63-76(57,58)59)54(9,73-40)75-77(60,61)62/h10,12,15,29-49,55-56H,1-3,11,13-14,16-26H2,4-9H3,(H,57,58,59)(H,60,61,62)/b15-12+/t29-,30-,31-,32+,33+,34+,35-,36-,37+,38+,39-,40-,41-,42+,43-,44+,45-,46+,47+,48+,49-,50+,51+,52-,53-,54+/m0/s1. The maximum absolute atomic E-state index is 12.3. The van der Waals surface area contributed by atoms with Crippen molar-refractivity contribution in [1.29, 1.82) is 0 Å². The molecule has 77 heavy (non-hydrogen) atoms. The third-order valence-corrected chi connectivity index (χ3v) is 20.3. The van der Waals surface area contributed by atoms with E-state index >= 15 is 0 Å². The van der Waals surface area contributed by atoms with Gasteiger partial charge >= 0.3 is 20.8 Å². The van der Waals surface area contributed by atoms with Crippen molar-refractivity contribution in [1.82, 2.24) is 0 Å². The molecule has 11 fully saturated rings. The van der Waals surface area contributed by atoms with E-state index in [0.717, 1.165) is 5.57 Å². The van der Waals surface area contributed by atoms with Crippen molar-refractivity contribution in [3.8, 4) is 0 Å². The lowest BCUT2D eigenvalue weighted by atomic mass is 9.74. The predicted molar refractivity (Wildman–Crippen MR) is 271 cm³/mol. The van der Waals surface area contributed by atoms with E-state index in [1.165, 1.54) is 6.92 Å². The van der Waals surface area contributed by atoms with E-state index in [-0.39, 0.29) is 73.7 Å². The molecule has 0 saturated carbocycles. The quantitative estimate of drug-likeness (QED) is 0.122. The van der Waals surface area contributed by atoms with Crippen molar-refractivity contribution in [2.75, 3.05) is 6.61 Å². The second-order valence-electron chi connectivity index (χ2n) is 25.1. The van der Waals surface area contributed by atoms with Crippen molar-refractivity contribution in [3.05, 3.63) is 49.1 Å². The van der Waals surface area contributed by atoms with Gasteiger partial charge in [-0.15, -0.1) is 6.58 Å². The first-order valence-electron chi connectivity index (χ1n) is 27.7. The van der Waals surface area contributed by atoms with Crippen LogP contribution in [0.15, 0.2) is 49.1 Å². The molecular formula is C54H80O21S2. The van der Waals surface area contributed by atoms with Crippen LogP contribution < -0.4 is 0 Å². The van der Waals surface area contributed by atoms with Crippen LogP contribution >= 0.6 is 0 Å². The largest absolute Gasteiger partial charge is 0.400 e. The molecule has 23 heteroatoms. The number of hydrogen-bond acceptors (Lipinski definition) is 19. The van der Waals surface area contributed by atoms with E-state index in [1.54, 1.807) is 25.2 Å². The van der Waals surface area contributed by atoms with E-state index in [0.29, 0.717) is 76.2 Å². The maximum Gasteiger partial charge on any atom is 0.400 e. The normalized spacial score (nSPS) is 51.4. The van der Waals surface area contributed by atoms with Gasteiger partial charge in [-0.2, -0.15) is 16.8 Å². The molecule has 0 bridgehead atoms. The van der Waals surface area contributed by atoms with Crippen LogP contribution in [0, 0.1) is 11.8 Å². The second-order valence-corrected chi connectivity index (χ2v) is 27.2. The van der Waals surface area contributed by atoms with E-state index in [1.807, 2.05) is 6.92 Å². The van der Waals surface area contributed by atoms with Gasteiger partial charge < -0.3 is 62.3 Å². The van der Waals surface area contributed by atoms with Gasteiger partial charge in [0.15, 0.2) is 5.79 Å². The van der Waals surface area contributed by atoms with Crippen LogP contribution in [0.2, 0.25) is 0 Å². The van der Waals surface area contributed by atoms with Gasteiger partial charge in [0, 0.05) is 44.4 Å². The number of rotatable bonds is 11. The molecule has 21 nitrogen and oxygen atoms in total. The molecule has 4 N–H and O–H groups in total. The molecule has 11 heterocycles. The average molecular weight is 1130 g/mol. The lowest BCUT2D eigenvalue weighted by Crippen LogP contribution is -2.73. The third-order valence-electron chi connectivity index (χ3n) is 19.3. The third kappa shape index (κ3) is 11.0. The molecule has 11 rings (SSSR count). The number of aliphatic hydroxyl groups excluding tert-OH is 1. The smallest absolute Gasteiger partial charge is 0.387 e. The summed E-state index contributed by atoms with van der Waals surface area (Å²) >= 11 is 0. The van der Waals surface area contributed by atoms with Crippen LogP contribution in [0.1, 0.15) is 125 Å². The molecule has 11 saturated heterocycles. The van der Waals surface area contributed by atoms with Gasteiger partial charge in [-0.05, 0) is 91.1 Å². The monoisotopic (exact) mass is 1130 g/mol. The summed E-state index contributed by atoms with van der Waals surface area (Å²) in [6.07, 6.45) is 2.30. The Labute approximate surface area is 452 Å². The molecule has 11 aliphatic rings. The van der Waals surface area contributed by atoms with Gasteiger partial charge in [-0.1, -0.05) is 43.9 Å². The molecule has 0 aliphatic carbocycles. The number of aliphatic hydroxyl groups is 2. The summed E-state index contributed by atoms with van der Waals surface area (Å²) in [5, 5.41) is 23.9. The van der Waals surface area contributed by atoms with E-state index in [4.69, 9.17) is 60.8 Å². The van der Waals surface area contributed by atoms with E-state index in [2.05, 4.69) is 44.7 Å². The highest BCUT2D eigenvalue weighted by molar-refractivity contribution is 7.81. The fourth-order valence-corrected chi connectivity index (χ4v) is 16.4. The predicted octanol–water partition coefficient (Wildman–Crippen LogP) is 4.87. The molecule has 0 radical (unpaired) electrons. The lowest BCUT2D eigenvalue weighted by molar-refractivity contribution is -0.361. The lowest BCUT2D eigenvalue weighted by Gasteiger charge is -2.59. The summed E-state index contributed by atoms with van der Waals surface area (Å²) in [5.74, 6) is -2.73.